The Morgan fingerprint density at radius 1 is 1.09 bits per heavy atom. The largest absolute Gasteiger partial charge is 0.493 e. The fourth-order valence-electron chi connectivity index (χ4n) is 3.50. The Bertz CT molecular complexity index is 1190. The van der Waals surface area contributed by atoms with E-state index in [0.717, 1.165) is 11.1 Å². The topological polar surface area (TPSA) is 106 Å². The van der Waals surface area contributed by atoms with E-state index in [1.54, 1.807) is 31.4 Å². The van der Waals surface area contributed by atoms with Gasteiger partial charge in [0.25, 0.3) is 10.0 Å². The summed E-state index contributed by atoms with van der Waals surface area (Å²) in [7, 11) is -2.18. The molecule has 33 heavy (non-hydrogen) atoms. The van der Waals surface area contributed by atoms with Crippen LogP contribution in [0.3, 0.4) is 0 Å². The van der Waals surface area contributed by atoms with Crippen molar-refractivity contribution in [1.82, 2.24) is 10.0 Å². The molecule has 1 amide bonds. The SMILES string of the molecule is CCOc1ccc(CNC(=O)CN=C2NS(=O)(=O)C(c3ccc(C)cc3)=C2CC)cc1OC. The number of nitrogens with one attached hydrogen (secondary N) is 2. The van der Waals surface area contributed by atoms with E-state index in [1.165, 1.54) is 0 Å². The van der Waals surface area contributed by atoms with Gasteiger partial charge in [0.1, 0.15) is 17.3 Å². The lowest BCUT2D eigenvalue weighted by atomic mass is 10.1. The zero-order valence-corrected chi connectivity index (χ0v) is 20.1. The number of sulfonamides is 1. The minimum Gasteiger partial charge on any atom is -0.493 e. The zero-order valence-electron chi connectivity index (χ0n) is 19.3. The van der Waals surface area contributed by atoms with Crippen LogP contribution >= 0.6 is 0 Å². The molecular weight excluding hydrogens is 442 g/mol. The summed E-state index contributed by atoms with van der Waals surface area (Å²) in [6.07, 6.45) is 0.460. The molecule has 1 heterocycles. The molecule has 2 aromatic carbocycles. The van der Waals surface area contributed by atoms with Crippen molar-refractivity contribution in [3.8, 4) is 11.5 Å². The third-order valence-electron chi connectivity index (χ3n) is 5.13. The number of hydrogen-bond donors (Lipinski definition) is 2. The lowest BCUT2D eigenvalue weighted by molar-refractivity contribution is -0.119. The Morgan fingerprint density at radius 3 is 2.45 bits per heavy atom. The molecule has 176 valence electrons. The first-order valence-electron chi connectivity index (χ1n) is 10.7. The summed E-state index contributed by atoms with van der Waals surface area (Å²) in [5, 5.41) is 2.79. The van der Waals surface area contributed by atoms with Crippen LogP contribution in [0.4, 0.5) is 0 Å². The van der Waals surface area contributed by atoms with Gasteiger partial charge in [0.2, 0.25) is 5.91 Å². The second kappa shape index (κ2) is 10.5. The van der Waals surface area contributed by atoms with Crippen molar-refractivity contribution in [1.29, 1.82) is 0 Å². The first-order chi connectivity index (χ1) is 15.8. The van der Waals surface area contributed by atoms with Crippen LogP contribution in [0.25, 0.3) is 4.91 Å². The number of ether oxygens (including phenoxy) is 2. The highest BCUT2D eigenvalue weighted by atomic mass is 32.2. The molecule has 0 aliphatic carbocycles. The van der Waals surface area contributed by atoms with Gasteiger partial charge in [-0.25, -0.2) is 8.42 Å². The number of benzene rings is 2. The van der Waals surface area contributed by atoms with Gasteiger partial charge in [0.05, 0.1) is 13.7 Å². The van der Waals surface area contributed by atoms with E-state index in [1.807, 2.05) is 39.0 Å². The molecule has 0 aromatic heterocycles. The van der Waals surface area contributed by atoms with Gasteiger partial charge in [0, 0.05) is 12.1 Å². The molecule has 8 nitrogen and oxygen atoms in total. The predicted octanol–water partition coefficient (Wildman–Crippen LogP) is 3.17. The highest BCUT2D eigenvalue weighted by molar-refractivity contribution is 8.00. The molecule has 2 N–H and O–H groups in total. The molecular formula is C24H29N3O5S. The molecule has 0 saturated carbocycles. The van der Waals surface area contributed by atoms with Gasteiger partial charge in [0.15, 0.2) is 11.5 Å². The number of amidine groups is 1. The number of aryl methyl sites for hydroxylation is 1. The van der Waals surface area contributed by atoms with Crippen molar-refractivity contribution >= 4 is 26.7 Å². The van der Waals surface area contributed by atoms with Crippen LogP contribution in [0.15, 0.2) is 53.0 Å². The molecule has 1 aliphatic rings. The molecule has 0 spiro atoms. The first kappa shape index (κ1) is 24.3. The number of amides is 1. The monoisotopic (exact) mass is 471 g/mol. The van der Waals surface area contributed by atoms with E-state index in [4.69, 9.17) is 9.47 Å². The van der Waals surface area contributed by atoms with Crippen LogP contribution in [0, 0.1) is 6.92 Å². The predicted molar refractivity (Wildman–Crippen MR) is 129 cm³/mol. The van der Waals surface area contributed by atoms with E-state index < -0.39 is 10.0 Å². The number of rotatable bonds is 9. The molecule has 2 aromatic rings. The van der Waals surface area contributed by atoms with E-state index in [2.05, 4.69) is 15.0 Å². The quantitative estimate of drug-likeness (QED) is 0.584. The van der Waals surface area contributed by atoms with Crippen molar-refractivity contribution in [2.75, 3.05) is 20.3 Å². The summed E-state index contributed by atoms with van der Waals surface area (Å²) >= 11 is 0. The lowest BCUT2D eigenvalue weighted by Gasteiger charge is -2.11. The van der Waals surface area contributed by atoms with Crippen molar-refractivity contribution < 1.29 is 22.7 Å². The van der Waals surface area contributed by atoms with Crippen LogP contribution in [-0.4, -0.2) is 40.4 Å². The fraction of sp³-hybridized carbons (Fsp3) is 0.333. The maximum absolute atomic E-state index is 12.7. The van der Waals surface area contributed by atoms with Gasteiger partial charge in [-0.1, -0.05) is 42.8 Å². The Kier molecular flexibility index (Phi) is 7.75. The molecule has 1 aliphatic heterocycles. The van der Waals surface area contributed by atoms with Crippen LogP contribution in [0.1, 0.15) is 37.0 Å². The number of carbonyl (C=O) groups excluding carboxylic acids is 1. The van der Waals surface area contributed by atoms with Gasteiger partial charge >= 0.3 is 0 Å². The molecule has 0 fully saturated rings. The van der Waals surface area contributed by atoms with Gasteiger partial charge in [-0.2, -0.15) is 0 Å². The lowest BCUT2D eigenvalue weighted by Crippen LogP contribution is -2.28. The number of carbonyl (C=O) groups is 1. The van der Waals surface area contributed by atoms with Crippen molar-refractivity contribution in [3.63, 3.8) is 0 Å². The van der Waals surface area contributed by atoms with Crippen LogP contribution < -0.4 is 19.5 Å². The zero-order chi connectivity index (χ0) is 24.0. The fourth-order valence-corrected chi connectivity index (χ4v) is 5.06. The molecule has 0 saturated heterocycles. The Labute approximate surface area is 194 Å². The summed E-state index contributed by atoms with van der Waals surface area (Å²) < 4.78 is 38.8. The maximum atomic E-state index is 12.7. The van der Waals surface area contributed by atoms with Crippen LogP contribution in [0.2, 0.25) is 0 Å². The van der Waals surface area contributed by atoms with Gasteiger partial charge in [-0.3, -0.25) is 14.5 Å². The summed E-state index contributed by atoms with van der Waals surface area (Å²) in [5.74, 6) is 1.11. The maximum Gasteiger partial charge on any atom is 0.264 e. The number of methoxy groups -OCH3 is 1. The molecule has 0 unspecified atom stereocenters. The van der Waals surface area contributed by atoms with E-state index in [9.17, 15) is 13.2 Å². The van der Waals surface area contributed by atoms with Crippen LogP contribution in [0.5, 0.6) is 11.5 Å². The second-order valence-electron chi connectivity index (χ2n) is 7.49. The summed E-state index contributed by atoms with van der Waals surface area (Å²) in [5.41, 5.74) is 3.05. The van der Waals surface area contributed by atoms with Gasteiger partial charge < -0.3 is 14.8 Å². The number of aliphatic imine (C=N–C) groups is 1. The highest BCUT2D eigenvalue weighted by Gasteiger charge is 2.34. The third-order valence-corrected chi connectivity index (χ3v) is 6.61. The van der Waals surface area contributed by atoms with E-state index in [-0.39, 0.29) is 29.7 Å². The minimum atomic E-state index is -3.74. The molecule has 0 atom stereocenters. The molecule has 3 rings (SSSR count). The number of nitrogens with zero attached hydrogens (tertiary/aromatic N) is 1. The summed E-state index contributed by atoms with van der Waals surface area (Å²) in [6, 6.07) is 12.7. The van der Waals surface area contributed by atoms with E-state index >= 15 is 0 Å². The summed E-state index contributed by atoms with van der Waals surface area (Å²) in [6.45, 7) is 6.30. The molecule has 0 radical (unpaired) electrons. The Balaban J connectivity index is 1.71. The van der Waals surface area contributed by atoms with Gasteiger partial charge in [-0.05, 0) is 43.5 Å². The van der Waals surface area contributed by atoms with Crippen molar-refractivity contribution in [3.05, 3.63) is 64.7 Å². The van der Waals surface area contributed by atoms with Crippen molar-refractivity contribution in [2.45, 2.75) is 33.7 Å². The molecule has 9 heteroatoms. The van der Waals surface area contributed by atoms with Crippen molar-refractivity contribution in [2.24, 2.45) is 4.99 Å². The second-order valence-corrected chi connectivity index (χ2v) is 9.11. The average Bonchev–Trinajstić information content (AvgIpc) is 3.07. The molecule has 0 bridgehead atoms. The smallest absolute Gasteiger partial charge is 0.264 e. The Hall–Kier alpha value is -3.33. The first-order valence-corrected chi connectivity index (χ1v) is 12.2. The van der Waals surface area contributed by atoms with Crippen LogP contribution in [-0.2, 0) is 21.4 Å². The third kappa shape index (κ3) is 5.73. The highest BCUT2D eigenvalue weighted by Crippen LogP contribution is 2.32. The minimum absolute atomic E-state index is 0.198. The standard InChI is InChI=1S/C24H29N3O5S/c1-5-19-23(18-10-7-16(3)8-11-18)33(29,30)27-24(19)26-15-22(28)25-14-17-9-12-20(32-6-2)21(13-17)31-4/h7-13H,5-6,14-15H2,1-4H3,(H,25,28)(H,26,27). The normalized spacial score (nSPS) is 15.9. The summed E-state index contributed by atoms with van der Waals surface area (Å²) in [4.78, 5) is 16.8. The Morgan fingerprint density at radius 2 is 1.82 bits per heavy atom. The van der Waals surface area contributed by atoms with Gasteiger partial charge in [-0.15, -0.1) is 0 Å². The average molecular weight is 472 g/mol. The van der Waals surface area contributed by atoms with E-state index in [0.29, 0.717) is 35.7 Å². The number of hydrogen-bond acceptors (Lipinski definition) is 6.